The van der Waals surface area contributed by atoms with Gasteiger partial charge >= 0.3 is 0 Å². The molecule has 5 heteroatoms. The summed E-state index contributed by atoms with van der Waals surface area (Å²) in [6, 6.07) is 5.95. The van der Waals surface area contributed by atoms with E-state index in [9.17, 15) is 4.79 Å². The number of benzene rings is 1. The number of ether oxygens (including phenoxy) is 2. The Morgan fingerprint density at radius 1 is 1.38 bits per heavy atom. The molecule has 1 atom stereocenters. The largest absolute Gasteiger partial charge is 0.491 e. The first-order chi connectivity index (χ1) is 10.1. The van der Waals surface area contributed by atoms with Gasteiger partial charge in [-0.1, -0.05) is 19.1 Å². The minimum Gasteiger partial charge on any atom is -0.491 e. The second-order valence-electron chi connectivity index (χ2n) is 5.01. The van der Waals surface area contributed by atoms with Crippen molar-refractivity contribution in [2.24, 2.45) is 11.7 Å². The van der Waals surface area contributed by atoms with Crippen molar-refractivity contribution in [1.82, 2.24) is 5.32 Å². The van der Waals surface area contributed by atoms with Gasteiger partial charge in [-0.25, -0.2) is 0 Å². The average molecular weight is 294 g/mol. The van der Waals surface area contributed by atoms with Gasteiger partial charge in [-0.05, 0) is 25.5 Å². The summed E-state index contributed by atoms with van der Waals surface area (Å²) in [5, 5.41) is 2.88. The molecule has 0 radical (unpaired) electrons. The third-order valence-electron chi connectivity index (χ3n) is 3.17. The van der Waals surface area contributed by atoms with E-state index in [4.69, 9.17) is 15.2 Å². The molecule has 0 fully saturated rings. The molecule has 1 rings (SSSR count). The first kappa shape index (κ1) is 17.5. The van der Waals surface area contributed by atoms with E-state index in [0.29, 0.717) is 32.9 Å². The molecule has 1 aromatic carbocycles. The topological polar surface area (TPSA) is 73.6 Å². The Bertz CT molecular complexity index is 449. The molecular weight excluding hydrogens is 268 g/mol. The monoisotopic (exact) mass is 294 g/mol. The molecule has 3 N–H and O–H groups in total. The lowest BCUT2D eigenvalue weighted by Gasteiger charge is -2.14. The maximum atomic E-state index is 11.8. The standard InChI is InChI=1S/C16H26N2O3/c1-4-20-7-8-21-15-9-12(2)5-6-14(15)11-18-16(19)13(3)10-17/h5-6,9,13H,4,7-8,10-11,17H2,1-3H3,(H,18,19). The van der Waals surface area contributed by atoms with E-state index in [1.54, 1.807) is 0 Å². The molecule has 0 bridgehead atoms. The van der Waals surface area contributed by atoms with Crippen LogP contribution in [0.25, 0.3) is 0 Å². The highest BCUT2D eigenvalue weighted by Crippen LogP contribution is 2.20. The smallest absolute Gasteiger partial charge is 0.224 e. The predicted octanol–water partition coefficient (Wildman–Crippen LogP) is 1.62. The fraction of sp³-hybridized carbons (Fsp3) is 0.562. The number of amides is 1. The van der Waals surface area contributed by atoms with E-state index in [2.05, 4.69) is 5.32 Å². The summed E-state index contributed by atoms with van der Waals surface area (Å²) in [6.45, 7) is 8.28. The minimum atomic E-state index is -0.183. The van der Waals surface area contributed by atoms with Gasteiger partial charge in [0, 0.05) is 31.2 Å². The minimum absolute atomic E-state index is 0.0432. The highest BCUT2D eigenvalue weighted by Gasteiger charge is 2.11. The Kier molecular flexibility index (Phi) is 7.79. The van der Waals surface area contributed by atoms with Gasteiger partial charge in [0.2, 0.25) is 5.91 Å². The predicted molar refractivity (Wildman–Crippen MR) is 83.2 cm³/mol. The fourth-order valence-electron chi connectivity index (χ4n) is 1.76. The highest BCUT2D eigenvalue weighted by atomic mass is 16.5. The van der Waals surface area contributed by atoms with Crippen molar-refractivity contribution >= 4 is 5.91 Å². The molecule has 5 nitrogen and oxygen atoms in total. The van der Waals surface area contributed by atoms with Crippen LogP contribution in [0, 0.1) is 12.8 Å². The molecule has 0 aliphatic heterocycles. The van der Waals surface area contributed by atoms with Crippen molar-refractivity contribution in [1.29, 1.82) is 0 Å². The summed E-state index contributed by atoms with van der Waals surface area (Å²) in [7, 11) is 0. The molecule has 0 aromatic heterocycles. The zero-order chi connectivity index (χ0) is 15.7. The molecule has 0 heterocycles. The van der Waals surface area contributed by atoms with Crippen LogP contribution in [0.2, 0.25) is 0 Å². The van der Waals surface area contributed by atoms with Crippen molar-refractivity contribution in [2.45, 2.75) is 27.3 Å². The van der Waals surface area contributed by atoms with Crippen molar-refractivity contribution in [3.63, 3.8) is 0 Å². The third-order valence-corrected chi connectivity index (χ3v) is 3.17. The van der Waals surface area contributed by atoms with Gasteiger partial charge in [-0.3, -0.25) is 4.79 Å². The Morgan fingerprint density at radius 3 is 2.81 bits per heavy atom. The number of carbonyl (C=O) groups excluding carboxylic acids is 1. The van der Waals surface area contributed by atoms with Crippen molar-refractivity contribution in [3.05, 3.63) is 29.3 Å². The van der Waals surface area contributed by atoms with E-state index in [0.717, 1.165) is 16.9 Å². The van der Waals surface area contributed by atoms with E-state index in [1.807, 2.05) is 39.0 Å². The van der Waals surface area contributed by atoms with Gasteiger partial charge in [-0.2, -0.15) is 0 Å². The maximum absolute atomic E-state index is 11.8. The van der Waals surface area contributed by atoms with Crippen LogP contribution in [0.3, 0.4) is 0 Å². The van der Waals surface area contributed by atoms with Crippen LogP contribution < -0.4 is 15.8 Å². The van der Waals surface area contributed by atoms with E-state index >= 15 is 0 Å². The summed E-state index contributed by atoms with van der Waals surface area (Å²) in [5.41, 5.74) is 7.56. The maximum Gasteiger partial charge on any atom is 0.224 e. The summed E-state index contributed by atoms with van der Waals surface area (Å²) in [4.78, 5) is 11.8. The van der Waals surface area contributed by atoms with Crippen LogP contribution in [0.1, 0.15) is 25.0 Å². The lowest BCUT2D eigenvalue weighted by Crippen LogP contribution is -2.32. The van der Waals surface area contributed by atoms with Crippen molar-refractivity contribution < 1.29 is 14.3 Å². The number of hydrogen-bond donors (Lipinski definition) is 2. The second-order valence-corrected chi connectivity index (χ2v) is 5.01. The number of nitrogens with two attached hydrogens (primary N) is 1. The fourth-order valence-corrected chi connectivity index (χ4v) is 1.76. The third kappa shape index (κ3) is 6.14. The molecule has 0 spiro atoms. The van der Waals surface area contributed by atoms with Crippen LogP contribution in [0.4, 0.5) is 0 Å². The molecular formula is C16H26N2O3. The van der Waals surface area contributed by atoms with Gasteiger partial charge in [-0.15, -0.1) is 0 Å². The van der Waals surface area contributed by atoms with E-state index in [1.165, 1.54) is 0 Å². The van der Waals surface area contributed by atoms with Crippen molar-refractivity contribution in [3.8, 4) is 5.75 Å². The zero-order valence-electron chi connectivity index (χ0n) is 13.1. The quantitative estimate of drug-likeness (QED) is 0.679. The molecule has 0 saturated carbocycles. The van der Waals surface area contributed by atoms with Gasteiger partial charge in [0.25, 0.3) is 0 Å². The SMILES string of the molecule is CCOCCOc1cc(C)ccc1CNC(=O)C(C)CN. The zero-order valence-corrected chi connectivity index (χ0v) is 13.1. The van der Waals surface area contributed by atoms with Crippen LogP contribution in [-0.4, -0.2) is 32.3 Å². The van der Waals surface area contributed by atoms with E-state index < -0.39 is 0 Å². The molecule has 1 amide bonds. The van der Waals surface area contributed by atoms with Gasteiger partial charge in [0.1, 0.15) is 12.4 Å². The lowest BCUT2D eigenvalue weighted by molar-refractivity contribution is -0.124. The van der Waals surface area contributed by atoms with Crippen LogP contribution in [0.15, 0.2) is 18.2 Å². The first-order valence-corrected chi connectivity index (χ1v) is 7.36. The normalized spacial score (nSPS) is 12.0. The van der Waals surface area contributed by atoms with Gasteiger partial charge in [0.15, 0.2) is 0 Å². The lowest BCUT2D eigenvalue weighted by atomic mass is 10.1. The Labute approximate surface area is 126 Å². The second kappa shape index (κ2) is 9.37. The first-order valence-electron chi connectivity index (χ1n) is 7.36. The summed E-state index contributed by atoms with van der Waals surface area (Å²) in [6.07, 6.45) is 0. The molecule has 1 aromatic rings. The molecule has 118 valence electrons. The molecule has 0 saturated heterocycles. The Hall–Kier alpha value is -1.59. The Morgan fingerprint density at radius 2 is 2.14 bits per heavy atom. The van der Waals surface area contributed by atoms with Crippen LogP contribution in [0.5, 0.6) is 5.75 Å². The number of carbonyl (C=O) groups is 1. The molecule has 0 aliphatic carbocycles. The van der Waals surface area contributed by atoms with Gasteiger partial charge < -0.3 is 20.5 Å². The Balaban J connectivity index is 2.61. The highest BCUT2D eigenvalue weighted by molar-refractivity contribution is 5.78. The molecule has 0 aliphatic rings. The van der Waals surface area contributed by atoms with Crippen LogP contribution in [-0.2, 0) is 16.1 Å². The average Bonchev–Trinajstić information content (AvgIpc) is 2.49. The summed E-state index contributed by atoms with van der Waals surface area (Å²) < 4.78 is 11.0. The number of aryl methyl sites for hydroxylation is 1. The summed E-state index contributed by atoms with van der Waals surface area (Å²) >= 11 is 0. The molecule has 21 heavy (non-hydrogen) atoms. The summed E-state index contributed by atoms with van der Waals surface area (Å²) in [5.74, 6) is 0.562. The van der Waals surface area contributed by atoms with Gasteiger partial charge in [0.05, 0.1) is 6.61 Å². The van der Waals surface area contributed by atoms with Crippen LogP contribution >= 0.6 is 0 Å². The molecule has 1 unspecified atom stereocenters. The number of hydrogen-bond acceptors (Lipinski definition) is 4. The number of nitrogens with one attached hydrogen (secondary N) is 1. The van der Waals surface area contributed by atoms with Crippen molar-refractivity contribution in [2.75, 3.05) is 26.4 Å². The number of rotatable bonds is 9. The van der Waals surface area contributed by atoms with E-state index in [-0.39, 0.29) is 11.8 Å².